The van der Waals surface area contributed by atoms with E-state index in [0.29, 0.717) is 20.1 Å². The zero-order chi connectivity index (χ0) is 55.9. The average molecular weight is 1120 g/mol. The van der Waals surface area contributed by atoms with E-state index in [1.165, 1.54) is 0 Å². The Labute approximate surface area is 492 Å². The fourth-order valence-electron chi connectivity index (χ4n) is 15.6. The van der Waals surface area contributed by atoms with E-state index in [2.05, 4.69) is 263 Å². The van der Waals surface area contributed by atoms with Crippen molar-refractivity contribution in [1.82, 2.24) is 0 Å². The van der Waals surface area contributed by atoms with Crippen molar-refractivity contribution in [3.8, 4) is 0 Å². The molecule has 0 N–H and O–H groups in total. The van der Waals surface area contributed by atoms with Crippen LogP contribution in [-0.2, 0) is 21.7 Å². The van der Waals surface area contributed by atoms with E-state index in [-0.39, 0.29) is 0 Å². The van der Waals surface area contributed by atoms with Crippen LogP contribution in [0.2, 0.25) is 20.1 Å². The van der Waals surface area contributed by atoms with Gasteiger partial charge in [-0.15, -0.1) is 0 Å². The average Bonchev–Trinajstić information content (AvgIpc) is 1.65. The second-order valence-electron chi connectivity index (χ2n) is 23.5. The smallest absolute Gasteiger partial charge is 0.0648 e. The Morgan fingerprint density at radius 1 is 0.212 bits per heavy atom. The van der Waals surface area contributed by atoms with Gasteiger partial charge in [0.2, 0.25) is 0 Å². The lowest BCUT2D eigenvalue weighted by molar-refractivity contribution is 0.352. The van der Waals surface area contributed by atoms with Gasteiger partial charge in [-0.3, -0.25) is 0 Å². The molecule has 0 saturated carbocycles. The summed E-state index contributed by atoms with van der Waals surface area (Å²) in [5, 5.41) is 6.16. The first-order valence-corrected chi connectivity index (χ1v) is 29.3. The maximum absolute atomic E-state index is 8.62. The first-order valence-electron chi connectivity index (χ1n) is 27.8. The third-order valence-electron chi connectivity index (χ3n) is 18.5. The quantitative estimate of drug-likeness (QED) is 0.133. The van der Waals surface area contributed by atoms with E-state index in [4.69, 9.17) is 46.4 Å². The summed E-state index contributed by atoms with van der Waals surface area (Å²) in [4.78, 5) is 0. The first kappa shape index (κ1) is 52.5. The third-order valence-corrected chi connectivity index (χ3v) is 20.0. The number of hydrogen-bond donors (Lipinski definition) is 0. The third kappa shape index (κ3) is 6.77. The minimum Gasteiger partial charge on any atom is -0.0833 e. The fourth-order valence-corrected chi connectivity index (χ4v) is 17.5. The predicted molar refractivity (Wildman–Crippen MR) is 340 cm³/mol. The number of hydrogen-bond acceptors (Lipinski definition) is 0. The Balaban J connectivity index is 1.28. The number of halogens is 4. The molecule has 13 rings (SSSR count). The van der Waals surface area contributed by atoms with Gasteiger partial charge >= 0.3 is 0 Å². The van der Waals surface area contributed by atoms with E-state index in [1.807, 2.05) is 0 Å². The second-order valence-corrected chi connectivity index (χ2v) is 25.0. The van der Waals surface area contributed by atoms with E-state index in [0.717, 1.165) is 144 Å². The molecular weight excluding hydrogens is 1050 g/mol. The molecule has 0 unspecified atom stereocenters. The molecule has 2 aliphatic rings. The standard InChI is InChI=1S/C76H62Cl4/c1-43-19-11-27-53(35-43)73(54-28-12-20-44(2)36-54)65-66(74(73,55-29-13-21-45(3)37-55)56-30-14-22-46(4)38-56)70(78)62-52(10)64-63(51(9)61(62)69(65)77)71(79)67-68(72(64)80)76(59-33-17-25-49(7)41-59,60-34-18-26-50(8)42-60)75(67,57-31-15-23-47(5)39-57)58-32-16-24-48(6)40-58/h11-42H,1-10H3. The lowest BCUT2D eigenvalue weighted by atomic mass is 9.37. The van der Waals surface area contributed by atoms with Crippen LogP contribution in [-0.4, -0.2) is 0 Å². The van der Waals surface area contributed by atoms with Crippen molar-refractivity contribution in [1.29, 1.82) is 0 Å². The van der Waals surface area contributed by atoms with Gasteiger partial charge < -0.3 is 0 Å². The molecule has 0 saturated heterocycles. The van der Waals surface area contributed by atoms with Gasteiger partial charge in [0.15, 0.2) is 0 Å². The van der Waals surface area contributed by atoms with Gasteiger partial charge in [-0.05, 0) is 147 Å². The zero-order valence-corrected chi connectivity index (χ0v) is 50.0. The molecule has 0 aliphatic heterocycles. The molecule has 394 valence electrons. The van der Waals surface area contributed by atoms with Gasteiger partial charge in [-0.2, -0.15) is 0 Å². The van der Waals surface area contributed by atoms with Gasteiger partial charge in [0, 0.05) is 21.5 Å². The molecule has 80 heavy (non-hydrogen) atoms. The Morgan fingerprint density at radius 2 is 0.350 bits per heavy atom. The largest absolute Gasteiger partial charge is 0.0833 e. The van der Waals surface area contributed by atoms with Gasteiger partial charge in [0.05, 0.1) is 41.8 Å². The molecule has 2 aliphatic carbocycles. The van der Waals surface area contributed by atoms with Crippen molar-refractivity contribution in [2.24, 2.45) is 0 Å². The predicted octanol–water partition coefficient (Wildman–Crippen LogP) is 21.1. The van der Waals surface area contributed by atoms with Gasteiger partial charge in [-0.1, -0.05) is 285 Å². The molecule has 0 spiro atoms. The summed E-state index contributed by atoms with van der Waals surface area (Å²) in [6, 6.07) is 72.3. The van der Waals surface area contributed by atoms with Crippen LogP contribution in [0.1, 0.15) is 122 Å². The summed E-state index contributed by atoms with van der Waals surface area (Å²) in [5.74, 6) is 0. The van der Waals surface area contributed by atoms with Crippen molar-refractivity contribution in [2.75, 3.05) is 0 Å². The van der Waals surface area contributed by atoms with Crippen LogP contribution in [0.5, 0.6) is 0 Å². The second kappa shape index (κ2) is 18.8. The number of rotatable bonds is 8. The lowest BCUT2D eigenvalue weighted by Crippen LogP contribution is -2.62. The van der Waals surface area contributed by atoms with Crippen molar-refractivity contribution in [2.45, 2.75) is 90.9 Å². The van der Waals surface area contributed by atoms with Crippen LogP contribution in [0.25, 0.3) is 21.5 Å². The van der Waals surface area contributed by atoms with Crippen LogP contribution >= 0.6 is 46.4 Å². The van der Waals surface area contributed by atoms with Crippen LogP contribution in [0.4, 0.5) is 0 Å². The lowest BCUT2D eigenvalue weighted by Gasteiger charge is -2.63. The van der Waals surface area contributed by atoms with Crippen molar-refractivity contribution in [3.05, 3.63) is 337 Å². The highest BCUT2D eigenvalue weighted by Gasteiger charge is 2.70. The molecule has 11 aromatic carbocycles. The Hall–Kier alpha value is -6.90. The fraction of sp³-hybridized carbons (Fsp3) is 0.184. The summed E-state index contributed by atoms with van der Waals surface area (Å²) >= 11 is 34.5. The highest BCUT2D eigenvalue weighted by Crippen LogP contribution is 2.75. The minimum atomic E-state index is -0.888. The summed E-state index contributed by atoms with van der Waals surface area (Å²) in [5.41, 5.74) is 20.6. The molecule has 0 heterocycles. The Kier molecular flexibility index (Phi) is 12.4. The van der Waals surface area contributed by atoms with Crippen LogP contribution < -0.4 is 0 Å². The summed E-state index contributed by atoms with van der Waals surface area (Å²) < 4.78 is 0. The molecule has 0 amide bonds. The summed E-state index contributed by atoms with van der Waals surface area (Å²) in [6.07, 6.45) is 0. The number of aryl methyl sites for hydroxylation is 10. The van der Waals surface area contributed by atoms with E-state index in [9.17, 15) is 0 Å². The van der Waals surface area contributed by atoms with Gasteiger partial charge in [0.25, 0.3) is 0 Å². The molecule has 0 aromatic heterocycles. The van der Waals surface area contributed by atoms with E-state index >= 15 is 0 Å². The summed E-state index contributed by atoms with van der Waals surface area (Å²) in [7, 11) is 0. The highest BCUT2D eigenvalue weighted by molar-refractivity contribution is 6.48. The highest BCUT2D eigenvalue weighted by atomic mass is 35.5. The van der Waals surface area contributed by atoms with Crippen molar-refractivity contribution >= 4 is 67.9 Å². The summed E-state index contributed by atoms with van der Waals surface area (Å²) in [6.45, 7) is 21.9. The van der Waals surface area contributed by atoms with Crippen molar-refractivity contribution < 1.29 is 0 Å². The van der Waals surface area contributed by atoms with Gasteiger partial charge in [0.1, 0.15) is 0 Å². The molecule has 11 aromatic rings. The number of fused-ring (bicyclic) bond motifs is 4. The first-order chi connectivity index (χ1) is 38.4. The Bertz CT molecular complexity index is 3700. The maximum Gasteiger partial charge on any atom is 0.0648 e. The molecule has 0 nitrogen and oxygen atoms in total. The Morgan fingerprint density at radius 3 is 0.475 bits per heavy atom. The van der Waals surface area contributed by atoms with E-state index in [1.54, 1.807) is 0 Å². The molecule has 0 radical (unpaired) electrons. The molecular formula is C76H62Cl4. The topological polar surface area (TPSA) is 0 Å². The molecule has 4 heteroatoms. The molecule has 0 bridgehead atoms. The zero-order valence-electron chi connectivity index (χ0n) is 47.0. The van der Waals surface area contributed by atoms with Gasteiger partial charge in [-0.25, -0.2) is 0 Å². The van der Waals surface area contributed by atoms with Crippen LogP contribution in [0.3, 0.4) is 0 Å². The molecule has 0 atom stereocenters. The SMILES string of the molecule is Cc1cccc(C2(c3cccc(C)c3)c3c(c(Cl)c4c(C)c5c(Cl)c6c(c(Cl)c5c(C)c4c3Cl)C(c3cccc(C)c3)(c3cccc(C)c3)C6(c3cccc(C)c3)c3cccc(C)c3)C2(c2cccc(C)c2)c2cccc(C)c2)c1. The van der Waals surface area contributed by atoms with Crippen LogP contribution in [0.15, 0.2) is 194 Å². The van der Waals surface area contributed by atoms with Crippen LogP contribution in [0, 0.1) is 69.2 Å². The maximum atomic E-state index is 8.62. The van der Waals surface area contributed by atoms with E-state index < -0.39 is 21.7 Å². The number of benzene rings is 11. The normalized spacial score (nSPS) is 15.3. The minimum absolute atomic E-state index is 0.660. The monoisotopic (exact) mass is 1110 g/mol. The van der Waals surface area contributed by atoms with Crippen molar-refractivity contribution in [3.63, 3.8) is 0 Å². The molecule has 0 fully saturated rings.